The molecule has 0 radical (unpaired) electrons. The molecule has 112 valence electrons. The Morgan fingerprint density at radius 2 is 2.30 bits per heavy atom. The molecular weight excluding hydrogens is 296 g/mol. The average molecular weight is 316 g/mol. The first-order valence-electron chi connectivity index (χ1n) is 6.54. The van der Waals surface area contributed by atoms with Gasteiger partial charge in [0.25, 0.3) is 0 Å². The van der Waals surface area contributed by atoms with Crippen molar-refractivity contribution >= 4 is 33.4 Å². The number of hydrogen-bond donors (Lipinski definition) is 1. The molecule has 0 saturated carbocycles. The third-order valence-electron chi connectivity index (χ3n) is 3.13. The highest BCUT2D eigenvalue weighted by atomic mass is 32.2. The number of thioether (sulfide) groups is 1. The molecule has 0 aromatic carbocycles. The summed E-state index contributed by atoms with van der Waals surface area (Å²) >= 11 is 1.67. The minimum absolute atomic E-state index is 0.510. The van der Waals surface area contributed by atoms with E-state index < -0.39 is 15.2 Å². The maximum absolute atomic E-state index is 12.0. The van der Waals surface area contributed by atoms with Crippen molar-refractivity contribution in [3.8, 4) is 0 Å². The molecule has 1 atom stereocenters. The largest absolute Gasteiger partial charge is 0.354 e. The zero-order valence-corrected chi connectivity index (χ0v) is 13.6. The van der Waals surface area contributed by atoms with E-state index in [2.05, 4.69) is 15.3 Å². The molecule has 1 aliphatic rings. The molecule has 6 nitrogen and oxygen atoms in total. The fourth-order valence-electron chi connectivity index (χ4n) is 2.15. The van der Waals surface area contributed by atoms with Crippen molar-refractivity contribution in [2.24, 2.45) is 0 Å². The van der Waals surface area contributed by atoms with Gasteiger partial charge in [-0.25, -0.2) is 13.4 Å². The highest BCUT2D eigenvalue weighted by Crippen LogP contribution is 2.28. The first-order chi connectivity index (χ1) is 9.43. The number of aryl methyl sites for hydroxylation is 1. The molecule has 20 heavy (non-hydrogen) atoms. The molecule has 2 heterocycles. The Bertz CT molecular complexity index is 577. The minimum Gasteiger partial charge on any atom is -0.354 e. The maximum atomic E-state index is 12.0. The molecular formula is C12H20N4O2S2. The summed E-state index contributed by atoms with van der Waals surface area (Å²) in [7, 11) is -3.14. The Labute approximate surface area is 124 Å². The van der Waals surface area contributed by atoms with E-state index in [0.717, 1.165) is 17.9 Å². The van der Waals surface area contributed by atoms with Crippen LogP contribution in [-0.2, 0) is 9.84 Å². The van der Waals surface area contributed by atoms with Crippen LogP contribution < -0.4 is 10.2 Å². The van der Waals surface area contributed by atoms with Gasteiger partial charge < -0.3 is 10.2 Å². The zero-order valence-electron chi connectivity index (χ0n) is 12.0. The van der Waals surface area contributed by atoms with Crippen LogP contribution in [0.2, 0.25) is 0 Å². The summed E-state index contributed by atoms with van der Waals surface area (Å²) < 4.78 is 24.0. The van der Waals surface area contributed by atoms with E-state index in [0.29, 0.717) is 24.1 Å². The molecule has 1 unspecified atom stereocenters. The molecule has 8 heteroatoms. The number of rotatable bonds is 4. The summed E-state index contributed by atoms with van der Waals surface area (Å²) in [5.41, 5.74) is 0.896. The Balaban J connectivity index is 2.39. The zero-order chi connectivity index (χ0) is 14.8. The standard InChI is InChI=1S/C12H20N4O2S2/c1-4-13-12-14-7-9(2)11(15-12)16-5-6-19-8-10(16)20(3,17)18/h7,10H,4-6,8H2,1-3H3,(H,13,14,15). The summed E-state index contributed by atoms with van der Waals surface area (Å²) in [4.78, 5) is 10.6. The van der Waals surface area contributed by atoms with Crippen molar-refractivity contribution < 1.29 is 8.42 Å². The van der Waals surface area contributed by atoms with Crippen LogP contribution in [0, 0.1) is 6.92 Å². The number of anilines is 2. The summed E-state index contributed by atoms with van der Waals surface area (Å²) in [6, 6.07) is 0. The highest BCUT2D eigenvalue weighted by Gasteiger charge is 2.32. The van der Waals surface area contributed by atoms with E-state index in [1.807, 2.05) is 18.7 Å². The van der Waals surface area contributed by atoms with Gasteiger partial charge in [0.05, 0.1) is 0 Å². The van der Waals surface area contributed by atoms with Crippen LogP contribution in [0.1, 0.15) is 12.5 Å². The molecule has 1 aromatic rings. The number of nitrogens with one attached hydrogen (secondary N) is 1. The van der Waals surface area contributed by atoms with Gasteiger partial charge >= 0.3 is 0 Å². The van der Waals surface area contributed by atoms with Crippen molar-refractivity contribution in [3.63, 3.8) is 0 Å². The summed E-state index contributed by atoms with van der Waals surface area (Å²) in [6.45, 7) is 5.30. The monoisotopic (exact) mass is 316 g/mol. The second-order valence-corrected chi connectivity index (χ2v) is 8.14. The lowest BCUT2D eigenvalue weighted by Crippen LogP contribution is -2.47. The molecule has 1 fully saturated rings. The van der Waals surface area contributed by atoms with Gasteiger partial charge in [-0.2, -0.15) is 16.7 Å². The number of aromatic nitrogens is 2. The normalized spacial score (nSPS) is 19.9. The lowest BCUT2D eigenvalue weighted by atomic mass is 10.3. The van der Waals surface area contributed by atoms with Crippen molar-refractivity contribution in [1.29, 1.82) is 0 Å². The summed E-state index contributed by atoms with van der Waals surface area (Å²) in [5.74, 6) is 2.75. The highest BCUT2D eigenvalue weighted by molar-refractivity contribution is 8.01. The van der Waals surface area contributed by atoms with Gasteiger partial charge in [-0.1, -0.05) is 0 Å². The van der Waals surface area contributed by atoms with E-state index in [1.165, 1.54) is 6.26 Å². The predicted molar refractivity (Wildman–Crippen MR) is 84.2 cm³/mol. The van der Waals surface area contributed by atoms with Crippen LogP contribution in [0.4, 0.5) is 11.8 Å². The van der Waals surface area contributed by atoms with Gasteiger partial charge in [-0.3, -0.25) is 0 Å². The molecule has 2 rings (SSSR count). The molecule has 1 saturated heterocycles. The maximum Gasteiger partial charge on any atom is 0.224 e. The Hall–Kier alpha value is -1.02. The Morgan fingerprint density at radius 1 is 1.55 bits per heavy atom. The Kier molecular flexibility index (Phi) is 4.74. The number of nitrogens with zero attached hydrogens (tertiary/aromatic N) is 3. The van der Waals surface area contributed by atoms with Crippen LogP contribution in [-0.4, -0.2) is 54.6 Å². The van der Waals surface area contributed by atoms with Gasteiger partial charge in [-0.15, -0.1) is 0 Å². The molecule has 0 spiro atoms. The third kappa shape index (κ3) is 3.35. The van der Waals surface area contributed by atoms with Crippen LogP contribution >= 0.6 is 11.8 Å². The van der Waals surface area contributed by atoms with Gasteiger partial charge in [-0.05, 0) is 13.8 Å². The molecule has 0 bridgehead atoms. The lowest BCUT2D eigenvalue weighted by molar-refractivity contribution is 0.583. The first-order valence-corrected chi connectivity index (χ1v) is 9.65. The smallest absolute Gasteiger partial charge is 0.224 e. The summed E-state index contributed by atoms with van der Waals surface area (Å²) in [5, 5.41) is 2.55. The fourth-order valence-corrected chi connectivity index (χ4v) is 4.96. The number of sulfone groups is 1. The second kappa shape index (κ2) is 6.17. The van der Waals surface area contributed by atoms with E-state index in [-0.39, 0.29) is 0 Å². The van der Waals surface area contributed by atoms with Gasteiger partial charge in [0, 0.05) is 42.6 Å². The van der Waals surface area contributed by atoms with Crippen molar-refractivity contribution in [2.75, 3.05) is 41.1 Å². The van der Waals surface area contributed by atoms with Crippen LogP contribution in [0.3, 0.4) is 0 Å². The van der Waals surface area contributed by atoms with Crippen molar-refractivity contribution in [3.05, 3.63) is 11.8 Å². The van der Waals surface area contributed by atoms with Crippen LogP contribution in [0.15, 0.2) is 6.20 Å². The topological polar surface area (TPSA) is 75.2 Å². The van der Waals surface area contributed by atoms with Gasteiger partial charge in [0.15, 0.2) is 9.84 Å². The second-order valence-electron chi connectivity index (χ2n) is 4.78. The lowest BCUT2D eigenvalue weighted by Gasteiger charge is -2.35. The molecule has 0 amide bonds. The first kappa shape index (κ1) is 15.4. The molecule has 1 N–H and O–H groups in total. The van der Waals surface area contributed by atoms with E-state index in [1.54, 1.807) is 18.0 Å². The predicted octanol–water partition coefficient (Wildman–Crippen LogP) is 1.14. The van der Waals surface area contributed by atoms with Crippen molar-refractivity contribution in [2.45, 2.75) is 19.2 Å². The van der Waals surface area contributed by atoms with Crippen molar-refractivity contribution in [1.82, 2.24) is 9.97 Å². The van der Waals surface area contributed by atoms with E-state index >= 15 is 0 Å². The van der Waals surface area contributed by atoms with Gasteiger partial charge in [0.2, 0.25) is 5.95 Å². The fraction of sp³-hybridized carbons (Fsp3) is 0.667. The van der Waals surface area contributed by atoms with Gasteiger partial charge in [0.1, 0.15) is 11.2 Å². The molecule has 0 aliphatic carbocycles. The third-order valence-corrected chi connectivity index (χ3v) is 5.77. The SMILES string of the molecule is CCNc1ncc(C)c(N2CCSCC2S(C)(=O)=O)n1. The minimum atomic E-state index is -3.14. The molecule has 1 aliphatic heterocycles. The van der Waals surface area contributed by atoms with E-state index in [4.69, 9.17) is 0 Å². The summed E-state index contributed by atoms with van der Waals surface area (Å²) in [6.07, 6.45) is 3.03. The van der Waals surface area contributed by atoms with Crippen LogP contribution in [0.5, 0.6) is 0 Å². The average Bonchev–Trinajstić information content (AvgIpc) is 2.40. The molecule has 1 aromatic heterocycles. The van der Waals surface area contributed by atoms with E-state index in [9.17, 15) is 8.42 Å². The Morgan fingerprint density at radius 3 is 2.95 bits per heavy atom. The van der Waals surface area contributed by atoms with Crippen LogP contribution in [0.25, 0.3) is 0 Å². The quantitative estimate of drug-likeness (QED) is 0.892. The number of hydrogen-bond acceptors (Lipinski definition) is 7.